The third kappa shape index (κ3) is 3.44. The molecule has 4 nitrogen and oxygen atoms in total. The molecule has 0 spiro atoms. The van der Waals surface area contributed by atoms with Gasteiger partial charge in [-0.05, 0) is 56.1 Å². The lowest BCUT2D eigenvalue weighted by molar-refractivity contribution is 0.174. The van der Waals surface area contributed by atoms with Crippen LogP contribution in [-0.2, 0) is 6.54 Å². The molecule has 1 unspecified atom stereocenters. The molecule has 1 fully saturated rings. The van der Waals surface area contributed by atoms with E-state index in [-0.39, 0.29) is 0 Å². The quantitative estimate of drug-likeness (QED) is 0.864. The second-order valence-electron chi connectivity index (χ2n) is 5.93. The molecule has 0 radical (unpaired) electrons. The zero-order valence-electron chi connectivity index (χ0n) is 12.2. The second-order valence-corrected chi connectivity index (χ2v) is 5.93. The predicted octanol–water partition coefficient (Wildman–Crippen LogP) is 2.24. The van der Waals surface area contributed by atoms with Crippen LogP contribution < -0.4 is 14.8 Å². The zero-order valence-corrected chi connectivity index (χ0v) is 12.2. The van der Waals surface area contributed by atoms with E-state index in [1.807, 2.05) is 6.07 Å². The minimum atomic E-state index is 0.346. The van der Waals surface area contributed by atoms with E-state index in [4.69, 9.17) is 9.47 Å². The second kappa shape index (κ2) is 6.46. The van der Waals surface area contributed by atoms with Crippen LogP contribution in [0, 0.1) is 5.92 Å². The monoisotopic (exact) mass is 276 g/mol. The predicted molar refractivity (Wildman–Crippen MR) is 79.1 cm³/mol. The van der Waals surface area contributed by atoms with Crippen molar-refractivity contribution in [2.24, 2.45) is 5.92 Å². The van der Waals surface area contributed by atoms with Crippen LogP contribution in [0.4, 0.5) is 0 Å². The topological polar surface area (TPSA) is 33.7 Å². The molecule has 4 heteroatoms. The number of fused-ring (bicyclic) bond motifs is 1. The van der Waals surface area contributed by atoms with Crippen LogP contribution in [-0.4, -0.2) is 37.9 Å². The lowest BCUT2D eigenvalue weighted by Gasteiger charge is -2.20. The van der Waals surface area contributed by atoms with Crippen molar-refractivity contribution in [3.8, 4) is 11.5 Å². The highest BCUT2D eigenvalue weighted by Gasteiger charge is 2.15. The number of nitrogens with one attached hydrogen (secondary N) is 1. The number of hydrogen-bond donors (Lipinski definition) is 1. The minimum absolute atomic E-state index is 0.346. The zero-order chi connectivity index (χ0) is 13.8. The van der Waals surface area contributed by atoms with Crippen LogP contribution in [0.15, 0.2) is 18.2 Å². The smallest absolute Gasteiger partial charge is 0.231 e. The first kappa shape index (κ1) is 13.7. The molecule has 2 aliphatic rings. The van der Waals surface area contributed by atoms with Gasteiger partial charge in [0, 0.05) is 13.1 Å². The summed E-state index contributed by atoms with van der Waals surface area (Å²) in [6.07, 6.45) is 2.74. The Bertz CT molecular complexity index is 444. The van der Waals surface area contributed by atoms with E-state index >= 15 is 0 Å². The lowest BCUT2D eigenvalue weighted by Crippen LogP contribution is -2.31. The van der Waals surface area contributed by atoms with Gasteiger partial charge in [-0.2, -0.15) is 0 Å². The van der Waals surface area contributed by atoms with Gasteiger partial charge in [-0.3, -0.25) is 0 Å². The molecule has 3 rings (SSSR count). The van der Waals surface area contributed by atoms with Gasteiger partial charge in [0.05, 0.1) is 0 Å². The van der Waals surface area contributed by atoms with Gasteiger partial charge in [0.15, 0.2) is 11.5 Å². The van der Waals surface area contributed by atoms with E-state index in [0.29, 0.717) is 12.7 Å². The summed E-state index contributed by atoms with van der Waals surface area (Å²) in [6, 6.07) is 6.17. The maximum absolute atomic E-state index is 5.40. The Hall–Kier alpha value is -1.26. The van der Waals surface area contributed by atoms with E-state index < -0.39 is 0 Å². The van der Waals surface area contributed by atoms with Gasteiger partial charge in [-0.15, -0.1) is 0 Å². The highest BCUT2D eigenvalue weighted by Crippen LogP contribution is 2.32. The highest BCUT2D eigenvalue weighted by molar-refractivity contribution is 5.44. The lowest BCUT2D eigenvalue weighted by atomic mass is 10.1. The van der Waals surface area contributed by atoms with E-state index in [1.165, 1.54) is 38.0 Å². The summed E-state index contributed by atoms with van der Waals surface area (Å²) >= 11 is 0. The van der Waals surface area contributed by atoms with Crippen molar-refractivity contribution in [3.63, 3.8) is 0 Å². The third-order valence-electron chi connectivity index (χ3n) is 4.03. The molecule has 0 aromatic heterocycles. The Kier molecular flexibility index (Phi) is 4.43. The summed E-state index contributed by atoms with van der Waals surface area (Å²) in [5.41, 5.74) is 1.25. The first-order valence-corrected chi connectivity index (χ1v) is 7.63. The van der Waals surface area contributed by atoms with E-state index in [0.717, 1.165) is 24.6 Å². The van der Waals surface area contributed by atoms with Gasteiger partial charge >= 0.3 is 0 Å². The molecule has 0 amide bonds. The number of ether oxygens (including phenoxy) is 2. The van der Waals surface area contributed by atoms with Crippen molar-refractivity contribution >= 4 is 0 Å². The summed E-state index contributed by atoms with van der Waals surface area (Å²) in [5, 5.41) is 3.54. The Labute approximate surface area is 121 Å². The molecule has 2 heterocycles. The van der Waals surface area contributed by atoms with Gasteiger partial charge < -0.3 is 19.7 Å². The van der Waals surface area contributed by atoms with Crippen LogP contribution in [0.25, 0.3) is 0 Å². The van der Waals surface area contributed by atoms with Crippen molar-refractivity contribution in [1.29, 1.82) is 0 Å². The Morgan fingerprint density at radius 1 is 1.20 bits per heavy atom. The molecule has 20 heavy (non-hydrogen) atoms. The molecule has 1 aromatic rings. The van der Waals surface area contributed by atoms with E-state index in [9.17, 15) is 0 Å². The maximum atomic E-state index is 5.40. The molecule has 1 atom stereocenters. The number of hydrogen-bond acceptors (Lipinski definition) is 4. The molecule has 0 saturated carbocycles. The fourth-order valence-corrected chi connectivity index (χ4v) is 2.98. The SMILES string of the molecule is CC(CNCc1ccc2c(c1)OCO2)CN1CCCC1. The summed E-state index contributed by atoms with van der Waals surface area (Å²) in [4.78, 5) is 2.58. The Morgan fingerprint density at radius 2 is 2.00 bits per heavy atom. The molecule has 1 aromatic carbocycles. The largest absolute Gasteiger partial charge is 0.454 e. The molecule has 1 N–H and O–H groups in total. The van der Waals surface area contributed by atoms with Crippen molar-refractivity contribution in [3.05, 3.63) is 23.8 Å². The highest BCUT2D eigenvalue weighted by atomic mass is 16.7. The van der Waals surface area contributed by atoms with Crippen molar-refractivity contribution in [2.75, 3.05) is 33.0 Å². The standard InChI is InChI=1S/C16H24N2O2/c1-13(11-18-6-2-3-7-18)9-17-10-14-4-5-15-16(8-14)20-12-19-15/h4-5,8,13,17H,2-3,6-7,9-12H2,1H3. The number of benzene rings is 1. The summed E-state index contributed by atoms with van der Waals surface area (Å²) in [5.74, 6) is 2.42. The fourth-order valence-electron chi connectivity index (χ4n) is 2.98. The van der Waals surface area contributed by atoms with Gasteiger partial charge in [0.25, 0.3) is 0 Å². The van der Waals surface area contributed by atoms with Gasteiger partial charge in [0.2, 0.25) is 6.79 Å². The molecule has 1 saturated heterocycles. The summed E-state index contributed by atoms with van der Waals surface area (Å²) in [6.45, 7) is 8.41. The molecule has 0 aliphatic carbocycles. The van der Waals surface area contributed by atoms with Gasteiger partial charge in [0.1, 0.15) is 0 Å². The van der Waals surface area contributed by atoms with Crippen LogP contribution in [0.3, 0.4) is 0 Å². The van der Waals surface area contributed by atoms with Gasteiger partial charge in [-0.1, -0.05) is 13.0 Å². The maximum Gasteiger partial charge on any atom is 0.231 e. The molecule has 110 valence electrons. The average molecular weight is 276 g/mol. The fraction of sp³-hybridized carbons (Fsp3) is 0.625. The van der Waals surface area contributed by atoms with Crippen molar-refractivity contribution in [2.45, 2.75) is 26.3 Å². The first-order valence-electron chi connectivity index (χ1n) is 7.63. The summed E-state index contributed by atoms with van der Waals surface area (Å²) in [7, 11) is 0. The van der Waals surface area contributed by atoms with E-state index in [2.05, 4.69) is 29.3 Å². The Morgan fingerprint density at radius 3 is 2.85 bits per heavy atom. The third-order valence-corrected chi connectivity index (χ3v) is 4.03. The normalized spacial score (nSPS) is 19.4. The number of rotatable bonds is 6. The minimum Gasteiger partial charge on any atom is -0.454 e. The summed E-state index contributed by atoms with van der Waals surface area (Å²) < 4.78 is 10.7. The number of likely N-dealkylation sites (tertiary alicyclic amines) is 1. The van der Waals surface area contributed by atoms with Gasteiger partial charge in [-0.25, -0.2) is 0 Å². The van der Waals surface area contributed by atoms with Crippen molar-refractivity contribution < 1.29 is 9.47 Å². The first-order chi connectivity index (χ1) is 9.81. The Balaban J connectivity index is 1.40. The van der Waals surface area contributed by atoms with E-state index in [1.54, 1.807) is 0 Å². The van der Waals surface area contributed by atoms with Crippen LogP contribution >= 0.6 is 0 Å². The van der Waals surface area contributed by atoms with Crippen LogP contribution in [0.5, 0.6) is 11.5 Å². The number of nitrogens with zero attached hydrogens (tertiary/aromatic N) is 1. The molecular formula is C16H24N2O2. The van der Waals surface area contributed by atoms with Crippen molar-refractivity contribution in [1.82, 2.24) is 10.2 Å². The molecule has 0 bridgehead atoms. The van der Waals surface area contributed by atoms with Crippen LogP contribution in [0.1, 0.15) is 25.3 Å². The van der Waals surface area contributed by atoms with Crippen LogP contribution in [0.2, 0.25) is 0 Å². The average Bonchev–Trinajstić information content (AvgIpc) is 3.09. The molecular weight excluding hydrogens is 252 g/mol. The molecule has 2 aliphatic heterocycles.